The molecule has 0 spiro atoms. The van der Waals surface area contributed by atoms with E-state index >= 15 is 0 Å². The topological polar surface area (TPSA) is 50.9 Å². The van der Waals surface area contributed by atoms with Crippen LogP contribution in [0.5, 0.6) is 0 Å². The van der Waals surface area contributed by atoms with Crippen LogP contribution in [0.25, 0.3) is 0 Å². The highest BCUT2D eigenvalue weighted by molar-refractivity contribution is 9.10. The largest absolute Gasteiger partial charge is 0.396 e. The van der Waals surface area contributed by atoms with E-state index < -0.39 is 0 Å². The lowest BCUT2D eigenvalue weighted by molar-refractivity contribution is 0.262. The van der Waals surface area contributed by atoms with E-state index in [1.807, 2.05) is 35.9 Å². The minimum absolute atomic E-state index is 0.0626. The number of aryl methyl sites for hydroxylation is 1. The Morgan fingerprint density at radius 3 is 2.67 bits per heavy atom. The highest BCUT2D eigenvalue weighted by atomic mass is 79.9. The van der Waals surface area contributed by atoms with Gasteiger partial charge in [0, 0.05) is 23.4 Å². The number of benzene rings is 1. The van der Waals surface area contributed by atoms with E-state index in [9.17, 15) is 5.11 Å². The van der Waals surface area contributed by atoms with Gasteiger partial charge in [0.1, 0.15) is 12.2 Å². The van der Waals surface area contributed by atoms with Crippen LogP contribution >= 0.6 is 15.9 Å². The van der Waals surface area contributed by atoms with Gasteiger partial charge < -0.3 is 5.11 Å². The van der Waals surface area contributed by atoms with Crippen LogP contribution in [0.2, 0.25) is 0 Å². The maximum absolute atomic E-state index is 9.54. The standard InChI is InChI=1S/C13H16BrN3O/c1-2-17-13(15-9-16-17)7-11(8-18)10-3-5-12(14)6-4-10/h3-6,9,11,18H,2,7-8H2,1H3. The number of nitrogens with zero attached hydrogens (tertiary/aromatic N) is 3. The molecule has 1 aromatic heterocycles. The van der Waals surface area contributed by atoms with Gasteiger partial charge in [-0.25, -0.2) is 4.98 Å². The van der Waals surface area contributed by atoms with E-state index in [1.54, 1.807) is 6.33 Å². The van der Waals surface area contributed by atoms with Crippen LogP contribution < -0.4 is 0 Å². The van der Waals surface area contributed by atoms with Crippen molar-refractivity contribution >= 4 is 15.9 Å². The SMILES string of the molecule is CCn1ncnc1CC(CO)c1ccc(Br)cc1. The smallest absolute Gasteiger partial charge is 0.138 e. The molecule has 4 nitrogen and oxygen atoms in total. The molecule has 2 aromatic rings. The minimum atomic E-state index is 0.0626. The first-order valence-corrected chi connectivity index (χ1v) is 6.77. The van der Waals surface area contributed by atoms with Gasteiger partial charge in [-0.3, -0.25) is 4.68 Å². The van der Waals surface area contributed by atoms with Crippen molar-refractivity contribution in [3.05, 3.63) is 46.5 Å². The van der Waals surface area contributed by atoms with Crippen molar-refractivity contribution in [2.24, 2.45) is 0 Å². The molecule has 0 amide bonds. The van der Waals surface area contributed by atoms with Crippen molar-refractivity contribution < 1.29 is 5.11 Å². The lowest BCUT2D eigenvalue weighted by Gasteiger charge is -2.14. The number of aliphatic hydroxyl groups excluding tert-OH is 1. The number of hydrogen-bond donors (Lipinski definition) is 1. The molecule has 0 fully saturated rings. The molecule has 0 saturated heterocycles. The Labute approximate surface area is 115 Å². The van der Waals surface area contributed by atoms with Crippen molar-refractivity contribution in [1.82, 2.24) is 14.8 Å². The summed E-state index contributed by atoms with van der Waals surface area (Å²) in [6, 6.07) is 8.03. The van der Waals surface area contributed by atoms with Crippen LogP contribution in [0.4, 0.5) is 0 Å². The second-order valence-electron chi connectivity index (χ2n) is 4.13. The van der Waals surface area contributed by atoms with E-state index in [4.69, 9.17) is 0 Å². The van der Waals surface area contributed by atoms with E-state index in [0.717, 1.165) is 22.4 Å². The van der Waals surface area contributed by atoms with Gasteiger partial charge in [0.05, 0.1) is 6.61 Å². The molecule has 0 saturated carbocycles. The van der Waals surface area contributed by atoms with Crippen molar-refractivity contribution in [3.8, 4) is 0 Å². The molecule has 1 unspecified atom stereocenters. The predicted octanol–water partition coefficient (Wildman–Crippen LogP) is 2.38. The van der Waals surface area contributed by atoms with Gasteiger partial charge in [-0.2, -0.15) is 5.10 Å². The molecule has 0 bridgehead atoms. The van der Waals surface area contributed by atoms with Gasteiger partial charge in [-0.15, -0.1) is 0 Å². The first-order chi connectivity index (χ1) is 8.74. The molecule has 18 heavy (non-hydrogen) atoms. The zero-order valence-electron chi connectivity index (χ0n) is 10.3. The number of aromatic nitrogens is 3. The summed E-state index contributed by atoms with van der Waals surface area (Å²) in [6.45, 7) is 2.94. The van der Waals surface area contributed by atoms with E-state index in [1.165, 1.54) is 0 Å². The summed E-state index contributed by atoms with van der Waals surface area (Å²) in [5.41, 5.74) is 1.12. The Kier molecular flexibility index (Phi) is 4.49. The number of aliphatic hydroxyl groups is 1. The Morgan fingerprint density at radius 1 is 1.33 bits per heavy atom. The van der Waals surface area contributed by atoms with Crippen LogP contribution in [-0.2, 0) is 13.0 Å². The van der Waals surface area contributed by atoms with Crippen molar-refractivity contribution in [2.45, 2.75) is 25.8 Å². The Hall–Kier alpha value is -1.20. The Balaban J connectivity index is 2.17. The highest BCUT2D eigenvalue weighted by Crippen LogP contribution is 2.21. The third-order valence-electron chi connectivity index (χ3n) is 2.99. The summed E-state index contributed by atoms with van der Waals surface area (Å²) in [5, 5.41) is 13.7. The molecule has 0 aliphatic rings. The fourth-order valence-electron chi connectivity index (χ4n) is 1.95. The average Bonchev–Trinajstić information content (AvgIpc) is 2.84. The summed E-state index contributed by atoms with van der Waals surface area (Å²) in [4.78, 5) is 4.25. The van der Waals surface area contributed by atoms with E-state index in [-0.39, 0.29) is 12.5 Å². The zero-order valence-corrected chi connectivity index (χ0v) is 11.8. The lowest BCUT2D eigenvalue weighted by Crippen LogP contribution is -2.12. The van der Waals surface area contributed by atoms with E-state index in [0.29, 0.717) is 6.42 Å². The molecular weight excluding hydrogens is 294 g/mol. The fraction of sp³-hybridized carbons (Fsp3) is 0.385. The van der Waals surface area contributed by atoms with Crippen LogP contribution in [0.15, 0.2) is 35.1 Å². The van der Waals surface area contributed by atoms with E-state index in [2.05, 4.69) is 26.0 Å². The first kappa shape index (κ1) is 13.2. The number of rotatable bonds is 5. The molecular formula is C13H16BrN3O. The van der Waals surface area contributed by atoms with Crippen LogP contribution in [-0.4, -0.2) is 26.5 Å². The fourth-order valence-corrected chi connectivity index (χ4v) is 2.22. The Bertz CT molecular complexity index is 495. The lowest BCUT2D eigenvalue weighted by atomic mass is 9.96. The Morgan fingerprint density at radius 2 is 2.06 bits per heavy atom. The molecule has 0 aliphatic heterocycles. The third-order valence-corrected chi connectivity index (χ3v) is 3.51. The molecule has 2 rings (SSSR count). The monoisotopic (exact) mass is 309 g/mol. The van der Waals surface area contributed by atoms with Crippen LogP contribution in [0, 0.1) is 0 Å². The summed E-state index contributed by atoms with van der Waals surface area (Å²) >= 11 is 3.41. The average molecular weight is 310 g/mol. The first-order valence-electron chi connectivity index (χ1n) is 5.97. The van der Waals surface area contributed by atoms with Crippen LogP contribution in [0.3, 0.4) is 0 Å². The van der Waals surface area contributed by atoms with Crippen molar-refractivity contribution in [1.29, 1.82) is 0 Å². The quantitative estimate of drug-likeness (QED) is 0.922. The highest BCUT2D eigenvalue weighted by Gasteiger charge is 2.14. The summed E-state index contributed by atoms with van der Waals surface area (Å²) in [7, 11) is 0. The summed E-state index contributed by atoms with van der Waals surface area (Å²) in [5.74, 6) is 0.979. The second kappa shape index (κ2) is 6.11. The van der Waals surface area contributed by atoms with Crippen molar-refractivity contribution in [3.63, 3.8) is 0 Å². The molecule has 5 heteroatoms. The maximum atomic E-state index is 9.54. The number of hydrogen-bond acceptors (Lipinski definition) is 3. The van der Waals surface area contributed by atoms with Crippen LogP contribution in [0.1, 0.15) is 24.2 Å². The summed E-state index contributed by atoms with van der Waals surface area (Å²) in [6.07, 6.45) is 2.26. The molecule has 0 aliphatic carbocycles. The minimum Gasteiger partial charge on any atom is -0.396 e. The van der Waals surface area contributed by atoms with Gasteiger partial charge in [0.2, 0.25) is 0 Å². The third kappa shape index (κ3) is 2.97. The summed E-state index contributed by atoms with van der Waals surface area (Å²) < 4.78 is 2.90. The molecule has 96 valence electrons. The molecule has 1 atom stereocenters. The van der Waals surface area contributed by atoms with Gasteiger partial charge in [-0.05, 0) is 24.6 Å². The zero-order chi connectivity index (χ0) is 13.0. The van der Waals surface area contributed by atoms with Gasteiger partial charge in [0.25, 0.3) is 0 Å². The molecule has 0 radical (unpaired) electrons. The molecule has 1 heterocycles. The van der Waals surface area contributed by atoms with Gasteiger partial charge in [-0.1, -0.05) is 28.1 Å². The normalized spacial score (nSPS) is 12.6. The molecule has 1 aromatic carbocycles. The maximum Gasteiger partial charge on any atom is 0.138 e. The van der Waals surface area contributed by atoms with Gasteiger partial charge in [0.15, 0.2) is 0 Å². The van der Waals surface area contributed by atoms with Gasteiger partial charge >= 0.3 is 0 Å². The second-order valence-corrected chi connectivity index (χ2v) is 5.04. The van der Waals surface area contributed by atoms with Crippen molar-refractivity contribution in [2.75, 3.05) is 6.61 Å². The number of halogens is 1. The predicted molar refractivity (Wildman–Crippen MR) is 73.4 cm³/mol. The molecule has 1 N–H and O–H groups in total.